The Morgan fingerprint density at radius 2 is 2.24 bits per heavy atom. The van der Waals surface area contributed by atoms with Crippen molar-refractivity contribution in [2.75, 3.05) is 0 Å². The van der Waals surface area contributed by atoms with E-state index in [1.807, 2.05) is 19.4 Å². The van der Waals surface area contributed by atoms with Gasteiger partial charge in [0.1, 0.15) is 5.15 Å². The molecule has 0 aliphatic heterocycles. The Kier molecular flexibility index (Phi) is 3.76. The molecule has 2 heterocycles. The van der Waals surface area contributed by atoms with Gasteiger partial charge in [-0.1, -0.05) is 17.7 Å². The Morgan fingerprint density at radius 1 is 1.41 bits per heavy atom. The van der Waals surface area contributed by atoms with Crippen molar-refractivity contribution in [1.82, 2.24) is 14.8 Å². The third kappa shape index (κ3) is 3.28. The number of aliphatic hydroxyl groups is 1. The molecule has 2 aromatic heterocycles. The third-order valence-corrected chi connectivity index (χ3v) is 2.82. The maximum atomic E-state index is 9.97. The van der Waals surface area contributed by atoms with Crippen molar-refractivity contribution in [3.8, 4) is 0 Å². The summed E-state index contributed by atoms with van der Waals surface area (Å²) in [6, 6.07) is 3.48. The maximum Gasteiger partial charge on any atom is 0.129 e. The lowest BCUT2D eigenvalue weighted by molar-refractivity contribution is 0.167. The summed E-state index contributed by atoms with van der Waals surface area (Å²) in [5.41, 5.74) is 1.91. The first-order valence-corrected chi connectivity index (χ1v) is 5.80. The highest BCUT2D eigenvalue weighted by Crippen LogP contribution is 2.19. The Balaban J connectivity index is 1.93. The predicted molar refractivity (Wildman–Crippen MR) is 65.7 cm³/mol. The maximum absolute atomic E-state index is 9.97. The second-order valence-corrected chi connectivity index (χ2v) is 4.38. The average molecular weight is 252 g/mol. The van der Waals surface area contributed by atoms with E-state index in [0.717, 1.165) is 17.5 Å². The van der Waals surface area contributed by atoms with Gasteiger partial charge in [0, 0.05) is 19.4 Å². The minimum Gasteiger partial charge on any atom is -0.388 e. The molecule has 0 aromatic carbocycles. The van der Waals surface area contributed by atoms with E-state index in [1.54, 1.807) is 23.0 Å². The van der Waals surface area contributed by atoms with Gasteiger partial charge in [0.05, 0.1) is 12.3 Å². The average Bonchev–Trinajstić information content (AvgIpc) is 2.73. The second-order valence-electron chi connectivity index (χ2n) is 3.99. The highest BCUT2D eigenvalue weighted by atomic mass is 35.5. The summed E-state index contributed by atoms with van der Waals surface area (Å²) in [4.78, 5) is 3.95. The van der Waals surface area contributed by atoms with Gasteiger partial charge < -0.3 is 5.11 Å². The number of rotatable bonds is 4. The van der Waals surface area contributed by atoms with Crippen LogP contribution in [0.5, 0.6) is 0 Å². The van der Waals surface area contributed by atoms with Crippen LogP contribution in [0.1, 0.15) is 23.7 Å². The van der Waals surface area contributed by atoms with Gasteiger partial charge in [0.15, 0.2) is 0 Å². The van der Waals surface area contributed by atoms with Crippen molar-refractivity contribution < 1.29 is 5.11 Å². The van der Waals surface area contributed by atoms with Crippen LogP contribution < -0.4 is 0 Å². The first-order valence-electron chi connectivity index (χ1n) is 5.42. The molecular formula is C12H14ClN3O. The number of pyridine rings is 1. The van der Waals surface area contributed by atoms with Crippen LogP contribution in [0.3, 0.4) is 0 Å². The first kappa shape index (κ1) is 12.1. The summed E-state index contributed by atoms with van der Waals surface area (Å²) in [5, 5.41) is 14.5. The molecule has 1 N–H and O–H groups in total. The summed E-state index contributed by atoms with van der Waals surface area (Å²) >= 11 is 5.69. The zero-order chi connectivity index (χ0) is 12.3. The van der Waals surface area contributed by atoms with Gasteiger partial charge in [-0.15, -0.1) is 0 Å². The smallest absolute Gasteiger partial charge is 0.129 e. The number of halogens is 1. The Bertz CT molecular complexity index is 481. The largest absolute Gasteiger partial charge is 0.388 e. The van der Waals surface area contributed by atoms with Crippen LogP contribution in [0, 0.1) is 0 Å². The predicted octanol–water partition coefficient (Wildman–Crippen LogP) is 2.13. The van der Waals surface area contributed by atoms with Gasteiger partial charge in [-0.2, -0.15) is 5.10 Å². The van der Waals surface area contributed by atoms with E-state index in [-0.39, 0.29) is 0 Å². The van der Waals surface area contributed by atoms with E-state index in [1.165, 1.54) is 0 Å². The standard InChI is InChI=1S/C12H14ClN3O/c1-16-8-9(6-15-16)2-4-11(17)10-3-5-12(13)14-7-10/h3,5-8,11,17H,2,4H2,1H3. The van der Waals surface area contributed by atoms with Crippen molar-refractivity contribution in [3.05, 3.63) is 47.0 Å². The molecule has 90 valence electrons. The molecule has 0 aliphatic rings. The molecule has 2 rings (SSSR count). The van der Waals surface area contributed by atoms with E-state index in [2.05, 4.69) is 10.1 Å². The van der Waals surface area contributed by atoms with Crippen molar-refractivity contribution in [3.63, 3.8) is 0 Å². The zero-order valence-electron chi connectivity index (χ0n) is 9.55. The lowest BCUT2D eigenvalue weighted by Gasteiger charge is -2.09. The highest BCUT2D eigenvalue weighted by Gasteiger charge is 2.08. The van der Waals surface area contributed by atoms with E-state index in [0.29, 0.717) is 11.6 Å². The molecule has 1 atom stereocenters. The molecule has 1 unspecified atom stereocenters. The van der Waals surface area contributed by atoms with Gasteiger partial charge in [0.25, 0.3) is 0 Å². The third-order valence-electron chi connectivity index (χ3n) is 2.60. The van der Waals surface area contributed by atoms with Crippen LogP contribution in [0.2, 0.25) is 5.15 Å². The number of hydrogen-bond acceptors (Lipinski definition) is 3. The highest BCUT2D eigenvalue weighted by molar-refractivity contribution is 6.29. The molecule has 0 amide bonds. The summed E-state index contributed by atoms with van der Waals surface area (Å²) in [6.07, 6.45) is 6.29. The number of aliphatic hydroxyl groups excluding tert-OH is 1. The normalized spacial score (nSPS) is 12.6. The van der Waals surface area contributed by atoms with E-state index in [9.17, 15) is 5.11 Å². The fourth-order valence-corrected chi connectivity index (χ4v) is 1.77. The van der Waals surface area contributed by atoms with Gasteiger partial charge >= 0.3 is 0 Å². The second kappa shape index (κ2) is 5.29. The van der Waals surface area contributed by atoms with Crippen molar-refractivity contribution in [1.29, 1.82) is 0 Å². The summed E-state index contributed by atoms with van der Waals surface area (Å²) in [7, 11) is 1.88. The minimum absolute atomic E-state index is 0.438. The van der Waals surface area contributed by atoms with Gasteiger partial charge in [-0.3, -0.25) is 4.68 Å². The zero-order valence-corrected chi connectivity index (χ0v) is 10.3. The summed E-state index contributed by atoms with van der Waals surface area (Å²) in [6.45, 7) is 0. The number of aromatic nitrogens is 3. The molecule has 0 saturated carbocycles. The summed E-state index contributed by atoms with van der Waals surface area (Å²) in [5.74, 6) is 0. The number of hydrogen-bond donors (Lipinski definition) is 1. The van der Waals surface area contributed by atoms with Crippen LogP contribution in [0.25, 0.3) is 0 Å². The molecular weight excluding hydrogens is 238 g/mol. The first-order chi connectivity index (χ1) is 8.15. The van der Waals surface area contributed by atoms with Crippen molar-refractivity contribution in [2.24, 2.45) is 7.05 Å². The molecule has 17 heavy (non-hydrogen) atoms. The van der Waals surface area contributed by atoms with Gasteiger partial charge in [-0.25, -0.2) is 4.98 Å². The van der Waals surface area contributed by atoms with Crippen molar-refractivity contribution >= 4 is 11.6 Å². The molecule has 4 nitrogen and oxygen atoms in total. The Hall–Kier alpha value is -1.39. The quantitative estimate of drug-likeness (QED) is 0.847. The molecule has 0 spiro atoms. The monoisotopic (exact) mass is 251 g/mol. The van der Waals surface area contributed by atoms with Crippen molar-refractivity contribution in [2.45, 2.75) is 18.9 Å². The van der Waals surface area contributed by atoms with E-state index in [4.69, 9.17) is 11.6 Å². The van der Waals surface area contributed by atoms with E-state index >= 15 is 0 Å². The fourth-order valence-electron chi connectivity index (χ4n) is 1.66. The fraction of sp³-hybridized carbons (Fsp3) is 0.333. The Labute approximate surface area is 105 Å². The molecule has 0 saturated heterocycles. The van der Waals surface area contributed by atoms with Crippen LogP contribution in [0.15, 0.2) is 30.7 Å². The van der Waals surface area contributed by atoms with Crippen LogP contribution in [-0.4, -0.2) is 19.9 Å². The molecule has 0 fully saturated rings. The number of aryl methyl sites for hydroxylation is 2. The summed E-state index contributed by atoms with van der Waals surface area (Å²) < 4.78 is 1.76. The lowest BCUT2D eigenvalue weighted by atomic mass is 10.0. The number of nitrogens with zero attached hydrogens (tertiary/aromatic N) is 3. The molecule has 0 bridgehead atoms. The van der Waals surface area contributed by atoms with Crippen LogP contribution in [-0.2, 0) is 13.5 Å². The lowest BCUT2D eigenvalue weighted by Crippen LogP contribution is -2.00. The van der Waals surface area contributed by atoms with Gasteiger partial charge in [-0.05, 0) is 30.0 Å². The van der Waals surface area contributed by atoms with E-state index < -0.39 is 6.10 Å². The topological polar surface area (TPSA) is 50.9 Å². The minimum atomic E-state index is -0.514. The molecule has 5 heteroatoms. The Morgan fingerprint density at radius 3 is 2.82 bits per heavy atom. The van der Waals surface area contributed by atoms with Crippen LogP contribution in [0.4, 0.5) is 0 Å². The molecule has 0 aliphatic carbocycles. The molecule has 0 radical (unpaired) electrons. The van der Waals surface area contributed by atoms with Gasteiger partial charge in [0.2, 0.25) is 0 Å². The SMILES string of the molecule is Cn1cc(CCC(O)c2ccc(Cl)nc2)cn1. The molecule has 2 aromatic rings. The van der Waals surface area contributed by atoms with Crippen LogP contribution >= 0.6 is 11.6 Å².